The molecule has 0 aromatic rings. The normalized spacial score (nSPS) is 46.0. The maximum Gasteiger partial charge on any atom is 0.309 e. The molecule has 3 fully saturated rings. The van der Waals surface area contributed by atoms with Crippen LogP contribution in [0.15, 0.2) is 23.8 Å². The van der Waals surface area contributed by atoms with Crippen LogP contribution >= 0.6 is 0 Å². The Balaban J connectivity index is 1.83. The first-order valence-electron chi connectivity index (χ1n) is 13.8. The number of esters is 1. The van der Waals surface area contributed by atoms with E-state index < -0.39 is 16.8 Å². The highest BCUT2D eigenvalue weighted by Crippen LogP contribution is 2.73. The van der Waals surface area contributed by atoms with Gasteiger partial charge in [0.25, 0.3) is 0 Å². The molecule has 0 bridgehead atoms. The number of carbonyl (C=O) groups excluding carboxylic acids is 2. The molecular formula is C31H46O5. The summed E-state index contributed by atoms with van der Waals surface area (Å²) in [6, 6.07) is 0. The van der Waals surface area contributed by atoms with Crippen LogP contribution in [-0.2, 0) is 19.1 Å². The number of allylic oxidation sites excluding steroid dienone is 3. The Morgan fingerprint density at radius 2 is 1.72 bits per heavy atom. The number of ketones is 1. The largest absolute Gasteiger partial charge is 0.481 e. The van der Waals surface area contributed by atoms with Gasteiger partial charge in [-0.15, -0.1) is 0 Å². The van der Waals surface area contributed by atoms with E-state index in [0.29, 0.717) is 25.7 Å². The van der Waals surface area contributed by atoms with E-state index in [2.05, 4.69) is 41.2 Å². The number of hydrogen-bond acceptors (Lipinski definition) is 4. The fourth-order valence-electron chi connectivity index (χ4n) is 9.37. The van der Waals surface area contributed by atoms with Crippen LogP contribution in [0.3, 0.4) is 0 Å². The summed E-state index contributed by atoms with van der Waals surface area (Å²) in [6.45, 7) is 17.4. The first-order chi connectivity index (χ1) is 16.6. The van der Waals surface area contributed by atoms with Crippen molar-refractivity contribution in [1.29, 1.82) is 0 Å². The smallest absolute Gasteiger partial charge is 0.309 e. The molecule has 4 aliphatic carbocycles. The van der Waals surface area contributed by atoms with Gasteiger partial charge >= 0.3 is 11.9 Å². The lowest BCUT2D eigenvalue weighted by molar-refractivity contribution is -0.167. The summed E-state index contributed by atoms with van der Waals surface area (Å²) in [6.07, 6.45) is 8.97. The molecule has 0 aromatic carbocycles. The van der Waals surface area contributed by atoms with Crippen LogP contribution in [0.5, 0.6) is 0 Å². The molecule has 0 radical (unpaired) electrons. The van der Waals surface area contributed by atoms with Gasteiger partial charge in [-0.25, -0.2) is 0 Å². The van der Waals surface area contributed by atoms with Crippen molar-refractivity contribution in [2.24, 2.45) is 44.8 Å². The van der Waals surface area contributed by atoms with E-state index in [-0.39, 0.29) is 45.8 Å². The summed E-state index contributed by atoms with van der Waals surface area (Å²) in [5.74, 6) is -0.735. The summed E-state index contributed by atoms with van der Waals surface area (Å²) in [7, 11) is 1.42. The molecule has 5 heteroatoms. The van der Waals surface area contributed by atoms with Crippen molar-refractivity contribution >= 4 is 17.7 Å². The number of carbonyl (C=O) groups is 3. The zero-order valence-electron chi connectivity index (χ0n) is 23.5. The van der Waals surface area contributed by atoms with Gasteiger partial charge in [0.05, 0.1) is 12.5 Å². The molecule has 0 heterocycles. The van der Waals surface area contributed by atoms with E-state index in [1.165, 1.54) is 12.7 Å². The zero-order valence-corrected chi connectivity index (χ0v) is 23.5. The quantitative estimate of drug-likeness (QED) is 0.334. The summed E-state index contributed by atoms with van der Waals surface area (Å²) in [4.78, 5) is 38.7. The van der Waals surface area contributed by atoms with Crippen LogP contribution in [0.1, 0.15) is 99.3 Å². The molecule has 36 heavy (non-hydrogen) atoms. The SMILES string of the molecule is C=C(C)C1CC[C@]2(C)C(C(=O)C=C3[C@@H]4C[C@@](C)(C(=O)O)CC[C@]4(C)CC[C@]32C)[C@@]1(C)CCC(=O)OC. The van der Waals surface area contributed by atoms with Gasteiger partial charge in [-0.3, -0.25) is 14.4 Å². The third kappa shape index (κ3) is 3.66. The molecule has 0 spiro atoms. The summed E-state index contributed by atoms with van der Waals surface area (Å²) in [5.41, 5.74) is 0.735. The summed E-state index contributed by atoms with van der Waals surface area (Å²) in [5, 5.41) is 10.1. The van der Waals surface area contributed by atoms with Gasteiger partial charge in [0.1, 0.15) is 0 Å². The third-order valence-corrected chi connectivity index (χ3v) is 12.0. The average molecular weight is 499 g/mol. The molecule has 4 rings (SSSR count). The first kappa shape index (κ1) is 27.1. The molecule has 0 saturated heterocycles. The van der Waals surface area contributed by atoms with Gasteiger partial charge in [0.2, 0.25) is 0 Å². The highest BCUT2D eigenvalue weighted by Gasteiger charge is 2.68. The second kappa shape index (κ2) is 8.56. The number of carboxylic acids is 1. The Morgan fingerprint density at radius 3 is 2.31 bits per heavy atom. The molecule has 0 aliphatic heterocycles. The second-order valence-electron chi connectivity index (χ2n) is 14.0. The Bertz CT molecular complexity index is 1030. The van der Waals surface area contributed by atoms with Crippen molar-refractivity contribution in [2.75, 3.05) is 7.11 Å². The molecule has 5 nitrogen and oxygen atoms in total. The van der Waals surface area contributed by atoms with Crippen LogP contribution < -0.4 is 0 Å². The zero-order chi connectivity index (χ0) is 26.9. The predicted octanol–water partition coefficient (Wildman–Crippen LogP) is 6.76. The molecule has 3 saturated carbocycles. The maximum absolute atomic E-state index is 14.3. The molecule has 0 amide bonds. The van der Waals surface area contributed by atoms with Gasteiger partial charge in [-0.1, -0.05) is 45.4 Å². The number of hydrogen-bond donors (Lipinski definition) is 1. The van der Waals surface area contributed by atoms with Gasteiger partial charge in [-0.05, 0) is 105 Å². The van der Waals surface area contributed by atoms with Crippen molar-refractivity contribution in [3.8, 4) is 0 Å². The van der Waals surface area contributed by atoms with Crippen LogP contribution in [0.25, 0.3) is 0 Å². The van der Waals surface area contributed by atoms with Crippen LogP contribution in [0, 0.1) is 44.8 Å². The highest BCUT2D eigenvalue weighted by atomic mass is 16.5. The summed E-state index contributed by atoms with van der Waals surface area (Å²) < 4.78 is 4.98. The Morgan fingerprint density at radius 1 is 1.08 bits per heavy atom. The van der Waals surface area contributed by atoms with E-state index in [0.717, 1.165) is 37.7 Å². The van der Waals surface area contributed by atoms with Crippen molar-refractivity contribution in [3.05, 3.63) is 23.8 Å². The highest BCUT2D eigenvalue weighted by molar-refractivity contribution is 5.95. The molecule has 0 aromatic heterocycles. The molecule has 2 unspecified atom stereocenters. The van der Waals surface area contributed by atoms with E-state index in [1.807, 2.05) is 13.0 Å². The van der Waals surface area contributed by atoms with E-state index in [1.54, 1.807) is 0 Å². The lowest BCUT2D eigenvalue weighted by atomic mass is 9.35. The minimum atomic E-state index is -0.753. The molecule has 4 aliphatic rings. The van der Waals surface area contributed by atoms with Crippen molar-refractivity contribution < 1.29 is 24.2 Å². The minimum Gasteiger partial charge on any atom is -0.481 e. The second-order valence-corrected chi connectivity index (χ2v) is 14.0. The van der Waals surface area contributed by atoms with Crippen LogP contribution in [0.4, 0.5) is 0 Å². The lowest BCUT2D eigenvalue weighted by Gasteiger charge is -2.68. The molecule has 1 N–H and O–H groups in total. The minimum absolute atomic E-state index is 0.0346. The average Bonchev–Trinajstić information content (AvgIpc) is 2.79. The number of methoxy groups -OCH3 is 1. The number of ether oxygens (including phenoxy) is 1. The number of carboxylic acid groups (broad SMARTS) is 1. The standard InChI is InChI=1S/C31H46O5/c1-19(2)20-9-12-31(7)25(29(20,5)11-10-24(33)36-8)23(32)17-21-22-18-28(4,26(34)35)14-13-27(22,3)15-16-30(21,31)6/h17,20,22,25H,1,9-16,18H2,2-8H3,(H,34,35)/t20?,22-,25?,27+,28-,29-,30+,31+/m0/s1. The third-order valence-electron chi connectivity index (χ3n) is 12.0. The topological polar surface area (TPSA) is 80.7 Å². The van der Waals surface area contributed by atoms with Crippen molar-refractivity contribution in [3.63, 3.8) is 0 Å². The van der Waals surface area contributed by atoms with Gasteiger partial charge in [0.15, 0.2) is 5.78 Å². The fraction of sp³-hybridized carbons (Fsp3) is 0.774. The lowest BCUT2D eigenvalue weighted by Crippen LogP contribution is -2.63. The molecular weight excluding hydrogens is 452 g/mol. The monoisotopic (exact) mass is 498 g/mol. The first-order valence-corrected chi connectivity index (χ1v) is 13.8. The molecule has 8 atom stereocenters. The Kier molecular flexibility index (Phi) is 6.45. The Labute approximate surface area is 217 Å². The van der Waals surface area contributed by atoms with Crippen molar-refractivity contribution in [2.45, 2.75) is 99.3 Å². The number of rotatable bonds is 5. The van der Waals surface area contributed by atoms with Gasteiger partial charge in [0, 0.05) is 12.3 Å². The maximum atomic E-state index is 14.3. The van der Waals surface area contributed by atoms with Gasteiger partial charge < -0.3 is 9.84 Å². The number of fused-ring (bicyclic) bond motifs is 5. The molecule has 200 valence electrons. The fourth-order valence-corrected chi connectivity index (χ4v) is 9.37. The van der Waals surface area contributed by atoms with Crippen molar-refractivity contribution in [1.82, 2.24) is 0 Å². The van der Waals surface area contributed by atoms with Gasteiger partial charge in [-0.2, -0.15) is 0 Å². The summed E-state index contributed by atoms with van der Waals surface area (Å²) >= 11 is 0. The van der Waals surface area contributed by atoms with E-state index in [9.17, 15) is 19.5 Å². The number of aliphatic carboxylic acids is 1. The van der Waals surface area contributed by atoms with E-state index in [4.69, 9.17) is 4.74 Å². The predicted molar refractivity (Wildman–Crippen MR) is 140 cm³/mol. The van der Waals surface area contributed by atoms with Crippen LogP contribution in [-0.4, -0.2) is 29.9 Å². The van der Waals surface area contributed by atoms with E-state index >= 15 is 0 Å². The Hall–Kier alpha value is -1.91. The van der Waals surface area contributed by atoms with Crippen LogP contribution in [0.2, 0.25) is 0 Å².